The van der Waals surface area contributed by atoms with E-state index in [0.29, 0.717) is 38.3 Å². The lowest BCUT2D eigenvalue weighted by Gasteiger charge is -2.13. The first-order chi connectivity index (χ1) is 11.3. The van der Waals surface area contributed by atoms with Gasteiger partial charge in [0.1, 0.15) is 4.88 Å². The number of aromatic nitrogens is 2. The van der Waals surface area contributed by atoms with Gasteiger partial charge in [0, 0.05) is 0 Å². The van der Waals surface area contributed by atoms with Crippen LogP contribution in [0.2, 0.25) is 0 Å². The third kappa shape index (κ3) is 3.07. The van der Waals surface area contributed by atoms with Gasteiger partial charge in [-0.1, -0.05) is 22.9 Å². The molecule has 0 atom stereocenters. The summed E-state index contributed by atoms with van der Waals surface area (Å²) in [5.41, 5.74) is 2.89. The summed E-state index contributed by atoms with van der Waals surface area (Å²) in [4.78, 5) is 5.06. The number of nitrogens with zero attached hydrogens (tertiary/aromatic N) is 2. The minimum absolute atomic E-state index is 0.298. The van der Waals surface area contributed by atoms with Crippen LogP contribution in [0.3, 0.4) is 0 Å². The van der Waals surface area contributed by atoms with Crippen LogP contribution in [0.15, 0.2) is 33.0 Å². The largest absolute Gasteiger partial charge is 0.333 e. The van der Waals surface area contributed by atoms with Gasteiger partial charge in [-0.2, -0.15) is 4.98 Å². The number of hydrogen-bond acceptors (Lipinski definition) is 6. The van der Waals surface area contributed by atoms with Crippen LogP contribution in [-0.2, 0) is 10.0 Å². The van der Waals surface area contributed by atoms with E-state index in [1.807, 2.05) is 19.1 Å². The second-order valence-electron chi connectivity index (χ2n) is 5.64. The van der Waals surface area contributed by atoms with Crippen LogP contribution in [0.4, 0.5) is 5.69 Å². The summed E-state index contributed by atoms with van der Waals surface area (Å²) in [6.45, 7) is 7.25. The van der Waals surface area contributed by atoms with Gasteiger partial charge in [-0.25, -0.2) is 8.42 Å². The topological polar surface area (TPSA) is 85.1 Å². The Morgan fingerprint density at radius 3 is 2.38 bits per heavy atom. The molecular weight excluding hydrogens is 346 g/mol. The van der Waals surface area contributed by atoms with Gasteiger partial charge < -0.3 is 4.52 Å². The summed E-state index contributed by atoms with van der Waals surface area (Å²) < 4.78 is 33.5. The lowest BCUT2D eigenvalue weighted by Crippen LogP contribution is -2.16. The number of thiophene rings is 1. The predicted molar refractivity (Wildman–Crippen MR) is 93.8 cm³/mol. The van der Waals surface area contributed by atoms with Crippen LogP contribution in [0.1, 0.15) is 22.5 Å². The van der Waals surface area contributed by atoms with Gasteiger partial charge in [0.05, 0.1) is 10.6 Å². The highest BCUT2D eigenvalue weighted by molar-refractivity contribution is 7.92. The molecule has 0 fully saturated rings. The average molecular weight is 363 g/mol. The Bertz CT molecular complexity index is 980. The minimum Gasteiger partial charge on any atom is -0.333 e. The molecule has 0 bridgehead atoms. The second-order valence-corrected chi connectivity index (χ2v) is 8.18. The SMILES string of the molecule is Cc1cc(C)c(S(=O)(=O)Nc2ccsc2-c2nc(C)no2)c(C)c1. The quantitative estimate of drug-likeness (QED) is 0.761. The van der Waals surface area contributed by atoms with Crippen molar-refractivity contribution in [2.45, 2.75) is 32.6 Å². The molecule has 0 radical (unpaired) electrons. The maximum atomic E-state index is 12.9. The Hall–Kier alpha value is -2.19. The fourth-order valence-electron chi connectivity index (χ4n) is 2.73. The van der Waals surface area contributed by atoms with Gasteiger partial charge in [-0.05, 0) is 50.3 Å². The maximum Gasteiger partial charge on any atom is 0.270 e. The highest BCUT2D eigenvalue weighted by atomic mass is 32.2. The summed E-state index contributed by atoms with van der Waals surface area (Å²) in [6.07, 6.45) is 0. The minimum atomic E-state index is -3.72. The first-order valence-corrected chi connectivity index (χ1v) is 9.63. The van der Waals surface area contributed by atoms with Crippen molar-refractivity contribution >= 4 is 27.0 Å². The van der Waals surface area contributed by atoms with E-state index in [1.165, 1.54) is 11.3 Å². The van der Waals surface area contributed by atoms with Crippen molar-refractivity contribution in [1.82, 2.24) is 10.1 Å². The average Bonchev–Trinajstić information content (AvgIpc) is 3.05. The van der Waals surface area contributed by atoms with E-state index in [0.717, 1.165) is 5.56 Å². The normalized spacial score (nSPS) is 11.7. The smallest absolute Gasteiger partial charge is 0.270 e. The Morgan fingerprint density at radius 1 is 1.12 bits per heavy atom. The van der Waals surface area contributed by atoms with Crippen LogP contribution in [0, 0.1) is 27.7 Å². The van der Waals surface area contributed by atoms with E-state index in [2.05, 4.69) is 14.9 Å². The molecule has 24 heavy (non-hydrogen) atoms. The van der Waals surface area contributed by atoms with Crippen molar-refractivity contribution in [3.63, 3.8) is 0 Å². The van der Waals surface area contributed by atoms with Crippen molar-refractivity contribution < 1.29 is 12.9 Å². The summed E-state index contributed by atoms with van der Waals surface area (Å²) in [5.74, 6) is 0.801. The molecule has 1 aromatic carbocycles. The van der Waals surface area contributed by atoms with E-state index >= 15 is 0 Å². The number of aryl methyl sites for hydroxylation is 4. The van der Waals surface area contributed by atoms with E-state index < -0.39 is 10.0 Å². The molecule has 0 aliphatic heterocycles. The molecule has 0 saturated heterocycles. The summed E-state index contributed by atoms with van der Waals surface area (Å²) in [7, 11) is -3.72. The monoisotopic (exact) mass is 363 g/mol. The summed E-state index contributed by atoms with van der Waals surface area (Å²) in [5, 5.41) is 5.53. The van der Waals surface area contributed by atoms with Crippen molar-refractivity contribution in [2.24, 2.45) is 0 Å². The Morgan fingerprint density at radius 2 is 1.79 bits per heavy atom. The molecule has 3 aromatic rings. The number of hydrogen-bond donors (Lipinski definition) is 1. The van der Waals surface area contributed by atoms with Gasteiger partial charge in [0.25, 0.3) is 15.9 Å². The molecule has 8 heteroatoms. The molecular formula is C16H17N3O3S2. The van der Waals surface area contributed by atoms with Gasteiger partial charge in [-0.3, -0.25) is 4.72 Å². The van der Waals surface area contributed by atoms with E-state index in [1.54, 1.807) is 32.2 Å². The number of sulfonamides is 1. The molecule has 0 aliphatic carbocycles. The van der Waals surface area contributed by atoms with Gasteiger partial charge in [-0.15, -0.1) is 11.3 Å². The van der Waals surface area contributed by atoms with Gasteiger partial charge in [0.2, 0.25) is 0 Å². The lowest BCUT2D eigenvalue weighted by atomic mass is 10.1. The molecule has 0 unspecified atom stereocenters. The van der Waals surface area contributed by atoms with Gasteiger partial charge >= 0.3 is 0 Å². The third-order valence-corrected chi connectivity index (χ3v) is 6.08. The summed E-state index contributed by atoms with van der Waals surface area (Å²) >= 11 is 1.34. The molecule has 1 N–H and O–H groups in total. The van der Waals surface area contributed by atoms with Crippen LogP contribution < -0.4 is 4.72 Å². The van der Waals surface area contributed by atoms with Crippen molar-refractivity contribution in [3.05, 3.63) is 46.1 Å². The Kier molecular flexibility index (Phi) is 4.18. The highest BCUT2D eigenvalue weighted by Gasteiger charge is 2.23. The Balaban J connectivity index is 2.02. The third-order valence-electron chi connectivity index (χ3n) is 3.50. The molecule has 2 aromatic heterocycles. The first kappa shape index (κ1) is 16.7. The van der Waals surface area contributed by atoms with Crippen LogP contribution in [0.5, 0.6) is 0 Å². The lowest BCUT2D eigenvalue weighted by molar-refractivity contribution is 0.426. The molecule has 3 rings (SSSR count). The van der Waals surface area contributed by atoms with Crippen molar-refractivity contribution in [1.29, 1.82) is 0 Å². The predicted octanol–water partition coefficient (Wildman–Crippen LogP) is 3.83. The number of anilines is 1. The Labute approximate surface area is 144 Å². The fraction of sp³-hybridized carbons (Fsp3) is 0.250. The van der Waals surface area contributed by atoms with E-state index in [4.69, 9.17) is 4.52 Å². The first-order valence-electron chi connectivity index (χ1n) is 7.27. The number of rotatable bonds is 4. The molecule has 0 aliphatic rings. The zero-order chi connectivity index (χ0) is 17.5. The maximum absolute atomic E-state index is 12.9. The standard InChI is InChI=1S/C16H17N3O3S2/c1-9-7-10(2)15(11(3)8-9)24(20,21)19-13-5-6-23-14(13)16-17-12(4)18-22-16/h5-8,19H,1-4H3. The fourth-order valence-corrected chi connectivity index (χ4v) is 5.09. The van der Waals surface area contributed by atoms with Crippen LogP contribution in [0.25, 0.3) is 10.8 Å². The molecule has 6 nitrogen and oxygen atoms in total. The molecule has 126 valence electrons. The summed E-state index contributed by atoms with van der Waals surface area (Å²) in [6, 6.07) is 5.41. The van der Waals surface area contributed by atoms with Gasteiger partial charge in [0.15, 0.2) is 5.82 Å². The number of benzene rings is 1. The van der Waals surface area contributed by atoms with Crippen molar-refractivity contribution in [3.8, 4) is 10.8 Å². The molecule has 0 spiro atoms. The molecule has 0 amide bonds. The van der Waals surface area contributed by atoms with Crippen LogP contribution in [-0.4, -0.2) is 18.6 Å². The van der Waals surface area contributed by atoms with E-state index in [9.17, 15) is 8.42 Å². The number of nitrogens with one attached hydrogen (secondary N) is 1. The highest BCUT2D eigenvalue weighted by Crippen LogP contribution is 2.34. The second kappa shape index (κ2) is 6.03. The van der Waals surface area contributed by atoms with Crippen molar-refractivity contribution in [2.75, 3.05) is 4.72 Å². The van der Waals surface area contributed by atoms with Crippen LogP contribution >= 0.6 is 11.3 Å². The zero-order valence-corrected chi connectivity index (χ0v) is 15.4. The molecule has 2 heterocycles. The van der Waals surface area contributed by atoms with E-state index in [-0.39, 0.29) is 0 Å². The zero-order valence-electron chi connectivity index (χ0n) is 13.7. The molecule has 0 saturated carbocycles.